The van der Waals surface area contributed by atoms with Gasteiger partial charge in [-0.05, 0) is 30.3 Å². The highest BCUT2D eigenvalue weighted by Crippen LogP contribution is 2.13. The van der Waals surface area contributed by atoms with Gasteiger partial charge >= 0.3 is 6.09 Å². The van der Waals surface area contributed by atoms with Crippen LogP contribution in [0.4, 0.5) is 10.5 Å². The van der Waals surface area contributed by atoms with Gasteiger partial charge < -0.3 is 9.84 Å². The van der Waals surface area contributed by atoms with Crippen LogP contribution in [-0.2, 0) is 4.74 Å². The number of aliphatic hydroxyl groups excluding tert-OH is 1. The van der Waals surface area contributed by atoms with E-state index in [0.717, 1.165) is 0 Å². The molecule has 1 amide bonds. The van der Waals surface area contributed by atoms with E-state index < -0.39 is 6.09 Å². The minimum absolute atomic E-state index is 0.0673. The van der Waals surface area contributed by atoms with Crippen LogP contribution in [0.1, 0.15) is 0 Å². The lowest BCUT2D eigenvalue weighted by molar-refractivity contribution is 0.174. The Hall–Kier alpha value is -1.52. The molecule has 0 bridgehead atoms. The maximum absolute atomic E-state index is 11.2. The van der Waals surface area contributed by atoms with Crippen molar-refractivity contribution in [1.29, 1.82) is 0 Å². The fourth-order valence-electron chi connectivity index (χ4n) is 0.954. The van der Waals surface area contributed by atoms with Crippen molar-refractivity contribution in [3.63, 3.8) is 0 Å². The van der Waals surface area contributed by atoms with Crippen molar-refractivity contribution in [2.45, 2.75) is 0 Å². The summed E-state index contributed by atoms with van der Waals surface area (Å²) in [4.78, 5) is 11.2. The van der Waals surface area contributed by atoms with Gasteiger partial charge in [0.05, 0.1) is 6.61 Å². The van der Waals surface area contributed by atoms with E-state index in [1.54, 1.807) is 30.3 Å². The Balaban J connectivity index is 2.34. The SMILES string of the molecule is O=C(Nc1ccc(Cl)cc1)OC/C=C/CO. The predicted molar refractivity (Wildman–Crippen MR) is 62.6 cm³/mol. The Bertz CT molecular complexity index is 362. The van der Waals surface area contributed by atoms with Crippen molar-refractivity contribution in [2.75, 3.05) is 18.5 Å². The zero-order valence-corrected chi connectivity index (χ0v) is 9.28. The number of halogens is 1. The molecule has 0 aliphatic heterocycles. The molecule has 1 aromatic carbocycles. The normalized spacial score (nSPS) is 10.4. The Morgan fingerprint density at radius 2 is 2.06 bits per heavy atom. The van der Waals surface area contributed by atoms with Gasteiger partial charge in [-0.25, -0.2) is 4.79 Å². The second-order valence-corrected chi connectivity index (χ2v) is 3.32. The average molecular weight is 242 g/mol. The van der Waals surface area contributed by atoms with Crippen molar-refractivity contribution < 1.29 is 14.6 Å². The van der Waals surface area contributed by atoms with Gasteiger partial charge in [-0.3, -0.25) is 5.32 Å². The Labute approximate surface area is 98.5 Å². The third kappa shape index (κ3) is 4.82. The van der Waals surface area contributed by atoms with Crippen LogP contribution in [0.3, 0.4) is 0 Å². The summed E-state index contributed by atoms with van der Waals surface area (Å²) in [7, 11) is 0. The van der Waals surface area contributed by atoms with Crippen LogP contribution in [0.2, 0.25) is 5.02 Å². The number of hydrogen-bond acceptors (Lipinski definition) is 3. The average Bonchev–Trinajstić information content (AvgIpc) is 2.28. The molecule has 0 spiro atoms. The van der Waals surface area contributed by atoms with Crippen LogP contribution < -0.4 is 5.32 Å². The standard InChI is InChI=1S/C11H12ClNO3/c12-9-3-5-10(6-4-9)13-11(15)16-8-2-1-7-14/h1-6,14H,7-8H2,(H,13,15)/b2-1+. The maximum Gasteiger partial charge on any atom is 0.411 e. The van der Waals surface area contributed by atoms with Crippen molar-refractivity contribution in [2.24, 2.45) is 0 Å². The molecule has 2 N–H and O–H groups in total. The number of carbonyl (C=O) groups is 1. The quantitative estimate of drug-likeness (QED) is 0.796. The van der Waals surface area contributed by atoms with Crippen LogP contribution >= 0.6 is 11.6 Å². The molecule has 0 saturated carbocycles. The summed E-state index contributed by atoms with van der Waals surface area (Å²) in [5.41, 5.74) is 0.612. The number of ether oxygens (including phenoxy) is 1. The highest BCUT2D eigenvalue weighted by molar-refractivity contribution is 6.30. The summed E-state index contributed by atoms with van der Waals surface area (Å²) >= 11 is 5.69. The smallest absolute Gasteiger partial charge is 0.411 e. The molecule has 0 unspecified atom stereocenters. The molecule has 1 aromatic rings. The Kier molecular flexibility index (Phi) is 5.39. The molecule has 86 valence electrons. The lowest BCUT2D eigenvalue weighted by atomic mass is 10.3. The van der Waals surface area contributed by atoms with Gasteiger partial charge in [0.1, 0.15) is 6.61 Å². The van der Waals surface area contributed by atoms with Crippen molar-refractivity contribution in [1.82, 2.24) is 0 Å². The topological polar surface area (TPSA) is 58.6 Å². The molecule has 0 heterocycles. The van der Waals surface area contributed by atoms with Crippen LogP contribution in [0.25, 0.3) is 0 Å². The zero-order valence-electron chi connectivity index (χ0n) is 8.52. The molecular weight excluding hydrogens is 230 g/mol. The van der Waals surface area contributed by atoms with E-state index in [2.05, 4.69) is 5.32 Å². The molecule has 0 atom stereocenters. The van der Waals surface area contributed by atoms with Crippen LogP contribution in [0, 0.1) is 0 Å². The highest BCUT2D eigenvalue weighted by Gasteiger charge is 2.00. The third-order valence-corrected chi connectivity index (χ3v) is 1.93. The van der Waals surface area contributed by atoms with Gasteiger partial charge in [0.15, 0.2) is 0 Å². The fraction of sp³-hybridized carbons (Fsp3) is 0.182. The summed E-state index contributed by atoms with van der Waals surface area (Å²) in [6.45, 7) is 0.0577. The minimum atomic E-state index is -0.551. The molecular formula is C11H12ClNO3. The van der Waals surface area contributed by atoms with Gasteiger partial charge in [0, 0.05) is 10.7 Å². The second-order valence-electron chi connectivity index (χ2n) is 2.88. The monoisotopic (exact) mass is 241 g/mol. The first-order valence-corrected chi connectivity index (χ1v) is 5.05. The van der Waals surface area contributed by atoms with E-state index in [0.29, 0.717) is 10.7 Å². The van der Waals surface area contributed by atoms with Crippen LogP contribution in [0.15, 0.2) is 36.4 Å². The van der Waals surface area contributed by atoms with Crippen molar-refractivity contribution in [3.8, 4) is 0 Å². The number of carbonyl (C=O) groups excluding carboxylic acids is 1. The highest BCUT2D eigenvalue weighted by atomic mass is 35.5. The van der Waals surface area contributed by atoms with Crippen molar-refractivity contribution >= 4 is 23.4 Å². The number of rotatable bonds is 4. The van der Waals surface area contributed by atoms with Gasteiger partial charge in [0.25, 0.3) is 0 Å². The number of anilines is 1. The summed E-state index contributed by atoms with van der Waals surface area (Å²) in [6, 6.07) is 6.69. The van der Waals surface area contributed by atoms with Crippen molar-refractivity contribution in [3.05, 3.63) is 41.4 Å². The first-order valence-electron chi connectivity index (χ1n) is 4.67. The van der Waals surface area contributed by atoms with Gasteiger partial charge in [0.2, 0.25) is 0 Å². The van der Waals surface area contributed by atoms with E-state index >= 15 is 0 Å². The lowest BCUT2D eigenvalue weighted by Crippen LogP contribution is -2.13. The summed E-state index contributed by atoms with van der Waals surface area (Å²) in [5, 5.41) is 11.6. The summed E-state index contributed by atoms with van der Waals surface area (Å²) < 4.78 is 4.80. The Morgan fingerprint density at radius 3 is 2.69 bits per heavy atom. The molecule has 0 saturated heterocycles. The summed E-state index contributed by atoms with van der Waals surface area (Å²) in [5.74, 6) is 0. The number of hydrogen-bond donors (Lipinski definition) is 2. The molecule has 4 nitrogen and oxygen atoms in total. The predicted octanol–water partition coefficient (Wildman–Crippen LogP) is 2.44. The minimum Gasteiger partial charge on any atom is -0.445 e. The van der Waals surface area contributed by atoms with Crippen LogP contribution in [0.5, 0.6) is 0 Å². The summed E-state index contributed by atoms with van der Waals surface area (Å²) in [6.07, 6.45) is 2.50. The van der Waals surface area contributed by atoms with Gasteiger partial charge in [-0.1, -0.05) is 17.7 Å². The Morgan fingerprint density at radius 1 is 1.38 bits per heavy atom. The molecule has 5 heteroatoms. The molecule has 0 radical (unpaired) electrons. The molecule has 0 aliphatic carbocycles. The zero-order chi connectivity index (χ0) is 11.8. The number of benzene rings is 1. The van der Waals surface area contributed by atoms with E-state index in [4.69, 9.17) is 21.4 Å². The van der Waals surface area contributed by atoms with E-state index in [-0.39, 0.29) is 13.2 Å². The van der Waals surface area contributed by atoms with E-state index in [9.17, 15) is 4.79 Å². The third-order valence-electron chi connectivity index (χ3n) is 1.67. The largest absolute Gasteiger partial charge is 0.445 e. The fourth-order valence-corrected chi connectivity index (χ4v) is 1.08. The first kappa shape index (κ1) is 12.5. The van der Waals surface area contributed by atoms with E-state index in [1.165, 1.54) is 6.08 Å². The van der Waals surface area contributed by atoms with E-state index in [1.807, 2.05) is 0 Å². The molecule has 0 aliphatic rings. The van der Waals surface area contributed by atoms with Gasteiger partial charge in [-0.15, -0.1) is 0 Å². The number of aliphatic hydroxyl groups is 1. The number of amides is 1. The number of nitrogens with one attached hydrogen (secondary N) is 1. The molecule has 0 aromatic heterocycles. The molecule has 16 heavy (non-hydrogen) atoms. The second kappa shape index (κ2) is 6.87. The van der Waals surface area contributed by atoms with Crippen LogP contribution in [-0.4, -0.2) is 24.4 Å². The first-order chi connectivity index (χ1) is 7.72. The maximum atomic E-state index is 11.2. The van der Waals surface area contributed by atoms with Gasteiger partial charge in [-0.2, -0.15) is 0 Å². The molecule has 0 fully saturated rings. The molecule has 1 rings (SSSR count). The lowest BCUT2D eigenvalue weighted by Gasteiger charge is -2.04.